The SMILES string of the molecule is CSc1ccc(C(=O)COC(=O)c2sc3ccccc3c2Cl)cc1NC(C)=O. The fourth-order valence-electron chi connectivity index (χ4n) is 2.59. The van der Waals surface area contributed by atoms with E-state index < -0.39 is 12.6 Å². The zero-order valence-electron chi connectivity index (χ0n) is 15.1. The van der Waals surface area contributed by atoms with Gasteiger partial charge in [0.2, 0.25) is 5.91 Å². The van der Waals surface area contributed by atoms with Gasteiger partial charge in [0.1, 0.15) is 4.88 Å². The fraction of sp³-hybridized carbons (Fsp3) is 0.150. The van der Waals surface area contributed by atoms with E-state index in [1.54, 1.807) is 18.2 Å². The molecule has 0 aliphatic rings. The minimum Gasteiger partial charge on any atom is -0.453 e. The molecule has 0 saturated carbocycles. The number of amides is 1. The number of rotatable bonds is 6. The van der Waals surface area contributed by atoms with Crippen LogP contribution in [0.25, 0.3) is 10.1 Å². The highest BCUT2D eigenvalue weighted by molar-refractivity contribution is 7.98. The standard InChI is InChI=1S/C20H16ClNO4S2/c1-11(23)22-14-9-12(7-8-17(14)27-2)15(24)10-26-20(25)19-18(21)13-5-3-4-6-16(13)28-19/h3-9H,10H2,1-2H3,(H,22,23). The summed E-state index contributed by atoms with van der Waals surface area (Å²) in [6, 6.07) is 12.4. The predicted molar refractivity (Wildman–Crippen MR) is 114 cm³/mol. The molecule has 0 aliphatic heterocycles. The van der Waals surface area contributed by atoms with Crippen LogP contribution >= 0.6 is 34.7 Å². The lowest BCUT2D eigenvalue weighted by molar-refractivity contribution is -0.114. The fourth-order valence-corrected chi connectivity index (χ4v) is 4.53. The third-order valence-corrected chi connectivity index (χ3v) is 6.34. The lowest BCUT2D eigenvalue weighted by Gasteiger charge is -2.10. The van der Waals surface area contributed by atoms with Gasteiger partial charge in [-0.15, -0.1) is 23.1 Å². The molecule has 144 valence electrons. The van der Waals surface area contributed by atoms with Crippen LogP contribution in [0.3, 0.4) is 0 Å². The quantitative estimate of drug-likeness (QED) is 0.325. The molecule has 0 unspecified atom stereocenters. The number of halogens is 1. The van der Waals surface area contributed by atoms with Crippen LogP contribution in [0.1, 0.15) is 27.0 Å². The molecule has 28 heavy (non-hydrogen) atoms. The number of Topliss-reactive ketones (excluding diaryl/α,β-unsaturated/α-hetero) is 1. The zero-order chi connectivity index (χ0) is 20.3. The predicted octanol–water partition coefficient (Wildman–Crippen LogP) is 5.27. The molecule has 0 fully saturated rings. The summed E-state index contributed by atoms with van der Waals surface area (Å²) in [7, 11) is 0. The van der Waals surface area contributed by atoms with Crippen molar-refractivity contribution >= 4 is 68.1 Å². The van der Waals surface area contributed by atoms with Gasteiger partial charge in [0.05, 0.1) is 10.7 Å². The van der Waals surface area contributed by atoms with Gasteiger partial charge in [-0.25, -0.2) is 4.79 Å². The molecule has 0 atom stereocenters. The number of nitrogens with one attached hydrogen (secondary N) is 1. The summed E-state index contributed by atoms with van der Waals surface area (Å²) in [6.45, 7) is 0.983. The number of hydrogen-bond acceptors (Lipinski definition) is 6. The maximum absolute atomic E-state index is 12.4. The van der Waals surface area contributed by atoms with Crippen LogP contribution in [0.5, 0.6) is 0 Å². The van der Waals surface area contributed by atoms with Gasteiger partial charge in [-0.2, -0.15) is 0 Å². The summed E-state index contributed by atoms with van der Waals surface area (Å²) in [5.41, 5.74) is 0.890. The Balaban J connectivity index is 1.73. The third-order valence-electron chi connectivity index (χ3n) is 3.89. The maximum Gasteiger partial charge on any atom is 0.350 e. The number of ether oxygens (including phenoxy) is 1. The minimum absolute atomic E-state index is 0.231. The average Bonchev–Trinajstić information content (AvgIpc) is 3.02. The van der Waals surface area contributed by atoms with E-state index >= 15 is 0 Å². The number of anilines is 1. The first-order valence-electron chi connectivity index (χ1n) is 8.23. The Bertz CT molecular complexity index is 1080. The van der Waals surface area contributed by atoms with Crippen molar-refractivity contribution in [2.75, 3.05) is 18.2 Å². The van der Waals surface area contributed by atoms with Crippen molar-refractivity contribution in [1.29, 1.82) is 0 Å². The number of hydrogen-bond donors (Lipinski definition) is 1. The lowest BCUT2D eigenvalue weighted by Crippen LogP contribution is -2.14. The highest BCUT2D eigenvalue weighted by Gasteiger charge is 2.20. The first-order chi connectivity index (χ1) is 13.4. The van der Waals surface area contributed by atoms with Crippen LogP contribution in [0.4, 0.5) is 5.69 Å². The van der Waals surface area contributed by atoms with E-state index in [-0.39, 0.29) is 16.6 Å². The smallest absolute Gasteiger partial charge is 0.350 e. The largest absolute Gasteiger partial charge is 0.453 e. The number of fused-ring (bicyclic) bond motifs is 1. The minimum atomic E-state index is -0.637. The number of esters is 1. The zero-order valence-corrected chi connectivity index (χ0v) is 17.5. The summed E-state index contributed by atoms with van der Waals surface area (Å²) in [5, 5.41) is 3.80. The first-order valence-corrected chi connectivity index (χ1v) is 10.7. The number of carbonyl (C=O) groups excluding carboxylic acids is 3. The third kappa shape index (κ3) is 4.38. The molecular formula is C20H16ClNO4S2. The van der Waals surface area contributed by atoms with Crippen molar-refractivity contribution < 1.29 is 19.1 Å². The molecule has 2 aromatic carbocycles. The number of thioether (sulfide) groups is 1. The van der Waals surface area contributed by atoms with Gasteiger partial charge in [-0.1, -0.05) is 35.9 Å². The van der Waals surface area contributed by atoms with Gasteiger partial charge < -0.3 is 10.1 Å². The molecule has 1 aromatic heterocycles. The van der Waals surface area contributed by atoms with E-state index in [0.717, 1.165) is 15.0 Å². The summed E-state index contributed by atoms with van der Waals surface area (Å²) in [5.74, 6) is -1.24. The van der Waals surface area contributed by atoms with Crippen LogP contribution in [0.15, 0.2) is 47.4 Å². The number of ketones is 1. The molecule has 0 saturated heterocycles. The van der Waals surface area contributed by atoms with Crippen molar-refractivity contribution in [2.24, 2.45) is 0 Å². The maximum atomic E-state index is 12.4. The molecule has 0 spiro atoms. The molecule has 3 rings (SSSR count). The van der Waals surface area contributed by atoms with Crippen LogP contribution < -0.4 is 5.32 Å². The van der Waals surface area contributed by atoms with Gasteiger partial charge in [0, 0.05) is 27.5 Å². The molecule has 5 nitrogen and oxygen atoms in total. The lowest BCUT2D eigenvalue weighted by atomic mass is 10.1. The molecular weight excluding hydrogens is 418 g/mol. The van der Waals surface area contributed by atoms with Crippen molar-refractivity contribution in [2.45, 2.75) is 11.8 Å². The van der Waals surface area contributed by atoms with Gasteiger partial charge in [-0.05, 0) is 24.5 Å². The van der Waals surface area contributed by atoms with E-state index in [4.69, 9.17) is 16.3 Å². The van der Waals surface area contributed by atoms with Crippen molar-refractivity contribution in [1.82, 2.24) is 0 Å². The molecule has 0 bridgehead atoms. The summed E-state index contributed by atoms with van der Waals surface area (Å²) < 4.78 is 6.05. The number of carbonyl (C=O) groups is 3. The molecule has 0 radical (unpaired) electrons. The monoisotopic (exact) mass is 433 g/mol. The van der Waals surface area contributed by atoms with E-state index in [9.17, 15) is 14.4 Å². The van der Waals surface area contributed by atoms with Crippen molar-refractivity contribution in [3.05, 3.63) is 57.9 Å². The molecule has 8 heteroatoms. The normalized spacial score (nSPS) is 10.7. The second-order valence-electron chi connectivity index (χ2n) is 5.84. The van der Waals surface area contributed by atoms with E-state index in [2.05, 4.69) is 5.32 Å². The second-order valence-corrected chi connectivity index (χ2v) is 8.12. The summed E-state index contributed by atoms with van der Waals surface area (Å²) >= 11 is 8.95. The summed E-state index contributed by atoms with van der Waals surface area (Å²) in [4.78, 5) is 37.3. The van der Waals surface area contributed by atoms with Crippen LogP contribution in [-0.4, -0.2) is 30.5 Å². The topological polar surface area (TPSA) is 72.5 Å². The Morgan fingerprint density at radius 2 is 1.93 bits per heavy atom. The van der Waals surface area contributed by atoms with Crippen LogP contribution in [0.2, 0.25) is 5.02 Å². The Kier molecular flexibility index (Phi) is 6.39. The first kappa shape index (κ1) is 20.4. The average molecular weight is 434 g/mol. The number of benzene rings is 2. The molecule has 3 aromatic rings. The highest BCUT2D eigenvalue weighted by Crippen LogP contribution is 2.35. The van der Waals surface area contributed by atoms with Gasteiger partial charge in [-0.3, -0.25) is 9.59 Å². The van der Waals surface area contributed by atoms with Crippen LogP contribution in [-0.2, 0) is 9.53 Å². The molecule has 0 aliphatic carbocycles. The highest BCUT2D eigenvalue weighted by atomic mass is 35.5. The van der Waals surface area contributed by atoms with E-state index in [1.807, 2.05) is 30.5 Å². The van der Waals surface area contributed by atoms with Crippen molar-refractivity contribution in [3.63, 3.8) is 0 Å². The van der Waals surface area contributed by atoms with Gasteiger partial charge >= 0.3 is 5.97 Å². The van der Waals surface area contributed by atoms with E-state index in [0.29, 0.717) is 16.3 Å². The Hall–Kier alpha value is -2.35. The number of thiophene rings is 1. The molecule has 1 heterocycles. The summed E-state index contributed by atoms with van der Waals surface area (Å²) in [6.07, 6.45) is 1.87. The van der Waals surface area contributed by atoms with Crippen molar-refractivity contribution in [3.8, 4) is 0 Å². The van der Waals surface area contributed by atoms with Gasteiger partial charge in [0.25, 0.3) is 0 Å². The second kappa shape index (κ2) is 8.77. The Morgan fingerprint density at radius 1 is 1.18 bits per heavy atom. The van der Waals surface area contributed by atoms with E-state index in [1.165, 1.54) is 30.0 Å². The van der Waals surface area contributed by atoms with Crippen LogP contribution in [0, 0.1) is 0 Å². The Morgan fingerprint density at radius 3 is 2.61 bits per heavy atom. The Labute approximate surface area is 175 Å². The molecule has 1 amide bonds. The molecule has 1 N–H and O–H groups in total. The van der Waals surface area contributed by atoms with Gasteiger partial charge in [0.15, 0.2) is 12.4 Å².